The van der Waals surface area contributed by atoms with Crippen molar-refractivity contribution in [1.82, 2.24) is 5.32 Å². The minimum Gasteiger partial charge on any atom is -0.310 e. The molecule has 1 aliphatic carbocycles. The Labute approximate surface area is 94.9 Å². The molecule has 0 heterocycles. The SMILES string of the molecule is CC(NCC1(C)CC1)c1ccc(F)c(F)c1. The maximum atomic E-state index is 13.0. The first-order valence-corrected chi connectivity index (χ1v) is 5.68. The smallest absolute Gasteiger partial charge is 0.159 e. The molecule has 0 aromatic heterocycles. The van der Waals surface area contributed by atoms with Gasteiger partial charge in [-0.2, -0.15) is 0 Å². The molecular formula is C13H17F2N. The third-order valence-electron chi connectivity index (χ3n) is 3.38. The lowest BCUT2D eigenvalue weighted by Gasteiger charge is -2.17. The Morgan fingerprint density at radius 1 is 1.31 bits per heavy atom. The van der Waals surface area contributed by atoms with Crippen molar-refractivity contribution in [2.75, 3.05) is 6.54 Å². The van der Waals surface area contributed by atoms with Crippen LogP contribution in [0.2, 0.25) is 0 Å². The first-order chi connectivity index (χ1) is 7.50. The van der Waals surface area contributed by atoms with Crippen LogP contribution in [0, 0.1) is 17.0 Å². The Bertz CT molecular complexity index is 386. The number of benzene rings is 1. The highest BCUT2D eigenvalue weighted by atomic mass is 19.2. The molecule has 1 nitrogen and oxygen atoms in total. The molecule has 3 heteroatoms. The molecule has 0 radical (unpaired) electrons. The van der Waals surface area contributed by atoms with Crippen LogP contribution < -0.4 is 5.32 Å². The summed E-state index contributed by atoms with van der Waals surface area (Å²) in [5.74, 6) is -1.56. The van der Waals surface area contributed by atoms with Gasteiger partial charge in [0.15, 0.2) is 11.6 Å². The molecule has 0 bridgehead atoms. The van der Waals surface area contributed by atoms with E-state index in [0.717, 1.165) is 12.1 Å². The summed E-state index contributed by atoms with van der Waals surface area (Å²) in [5, 5.41) is 3.36. The summed E-state index contributed by atoms with van der Waals surface area (Å²) in [4.78, 5) is 0. The molecule has 1 aromatic carbocycles. The lowest BCUT2D eigenvalue weighted by molar-refractivity contribution is 0.453. The van der Waals surface area contributed by atoms with E-state index in [1.54, 1.807) is 6.07 Å². The molecule has 1 atom stereocenters. The maximum Gasteiger partial charge on any atom is 0.159 e. The molecule has 1 aliphatic rings. The second-order valence-electron chi connectivity index (χ2n) is 5.09. The summed E-state index contributed by atoms with van der Waals surface area (Å²) in [6.45, 7) is 5.14. The van der Waals surface area contributed by atoms with Crippen LogP contribution >= 0.6 is 0 Å². The maximum absolute atomic E-state index is 13.0. The number of halogens is 2. The third kappa shape index (κ3) is 2.59. The second kappa shape index (κ2) is 4.13. The van der Waals surface area contributed by atoms with E-state index in [9.17, 15) is 8.78 Å². The van der Waals surface area contributed by atoms with E-state index in [2.05, 4.69) is 12.2 Å². The van der Waals surface area contributed by atoms with Gasteiger partial charge in [-0.3, -0.25) is 0 Å². The average Bonchev–Trinajstić information content (AvgIpc) is 2.98. The fourth-order valence-corrected chi connectivity index (χ4v) is 1.69. The number of hydrogen-bond donors (Lipinski definition) is 1. The van der Waals surface area contributed by atoms with Gasteiger partial charge in [0.05, 0.1) is 0 Å². The summed E-state index contributed by atoms with van der Waals surface area (Å²) in [5.41, 5.74) is 1.22. The van der Waals surface area contributed by atoms with Crippen molar-refractivity contribution in [2.24, 2.45) is 5.41 Å². The molecule has 16 heavy (non-hydrogen) atoms. The molecule has 88 valence electrons. The topological polar surface area (TPSA) is 12.0 Å². The molecule has 1 fully saturated rings. The van der Waals surface area contributed by atoms with E-state index in [0.29, 0.717) is 5.41 Å². The Morgan fingerprint density at radius 2 is 2.00 bits per heavy atom. The Kier molecular flexibility index (Phi) is 2.98. The quantitative estimate of drug-likeness (QED) is 0.828. The largest absolute Gasteiger partial charge is 0.310 e. The summed E-state index contributed by atoms with van der Waals surface area (Å²) >= 11 is 0. The van der Waals surface area contributed by atoms with Crippen LogP contribution in [0.3, 0.4) is 0 Å². The molecular weight excluding hydrogens is 208 g/mol. The zero-order valence-corrected chi connectivity index (χ0v) is 9.69. The van der Waals surface area contributed by atoms with Gasteiger partial charge in [-0.1, -0.05) is 13.0 Å². The van der Waals surface area contributed by atoms with Crippen molar-refractivity contribution in [3.8, 4) is 0 Å². The van der Waals surface area contributed by atoms with Crippen molar-refractivity contribution < 1.29 is 8.78 Å². The summed E-state index contributed by atoms with van der Waals surface area (Å²) in [6, 6.07) is 4.14. The highest BCUT2D eigenvalue weighted by molar-refractivity contribution is 5.20. The zero-order chi connectivity index (χ0) is 11.8. The van der Waals surface area contributed by atoms with Crippen LogP contribution in [0.15, 0.2) is 18.2 Å². The first kappa shape index (κ1) is 11.5. The summed E-state index contributed by atoms with van der Waals surface area (Å²) in [7, 11) is 0. The van der Waals surface area contributed by atoms with E-state index >= 15 is 0 Å². The van der Waals surface area contributed by atoms with E-state index in [4.69, 9.17) is 0 Å². The van der Waals surface area contributed by atoms with Crippen molar-refractivity contribution in [1.29, 1.82) is 0 Å². The third-order valence-corrected chi connectivity index (χ3v) is 3.38. The minimum atomic E-state index is -0.787. The van der Waals surface area contributed by atoms with E-state index in [-0.39, 0.29) is 6.04 Å². The summed E-state index contributed by atoms with van der Waals surface area (Å²) in [6.07, 6.45) is 2.51. The van der Waals surface area contributed by atoms with Gasteiger partial charge >= 0.3 is 0 Å². The minimum absolute atomic E-state index is 0.0625. The van der Waals surface area contributed by atoms with Crippen molar-refractivity contribution >= 4 is 0 Å². The van der Waals surface area contributed by atoms with E-state index in [1.807, 2.05) is 6.92 Å². The van der Waals surface area contributed by atoms with Crippen LogP contribution in [0.4, 0.5) is 8.78 Å². The lowest BCUT2D eigenvalue weighted by Crippen LogP contribution is -2.25. The summed E-state index contributed by atoms with van der Waals surface area (Å²) < 4.78 is 25.8. The molecule has 0 spiro atoms. The predicted molar refractivity (Wildman–Crippen MR) is 60.1 cm³/mol. The molecule has 2 rings (SSSR count). The fraction of sp³-hybridized carbons (Fsp3) is 0.538. The standard InChI is InChI=1S/C13H17F2N/c1-9(16-8-13(2)5-6-13)10-3-4-11(14)12(15)7-10/h3-4,7,9,16H,5-6,8H2,1-2H3. The van der Waals surface area contributed by atoms with Gasteiger partial charge in [0.25, 0.3) is 0 Å². The van der Waals surface area contributed by atoms with Gasteiger partial charge in [0.2, 0.25) is 0 Å². The van der Waals surface area contributed by atoms with Gasteiger partial charge in [0.1, 0.15) is 0 Å². The highest BCUT2D eigenvalue weighted by Crippen LogP contribution is 2.44. The van der Waals surface area contributed by atoms with Crippen molar-refractivity contribution in [3.63, 3.8) is 0 Å². The molecule has 1 N–H and O–H groups in total. The number of rotatable bonds is 4. The Balaban J connectivity index is 1.97. The van der Waals surface area contributed by atoms with Gasteiger partial charge in [-0.15, -0.1) is 0 Å². The molecule has 0 amide bonds. The molecule has 1 aromatic rings. The molecule has 1 saturated carbocycles. The molecule has 1 unspecified atom stereocenters. The number of hydrogen-bond acceptors (Lipinski definition) is 1. The average molecular weight is 225 g/mol. The van der Waals surface area contributed by atoms with Crippen LogP contribution in [-0.2, 0) is 0 Å². The van der Waals surface area contributed by atoms with E-state index < -0.39 is 11.6 Å². The number of nitrogens with one attached hydrogen (secondary N) is 1. The van der Waals surface area contributed by atoms with Gasteiger partial charge in [-0.25, -0.2) is 8.78 Å². The Hall–Kier alpha value is -0.960. The van der Waals surface area contributed by atoms with Gasteiger partial charge in [-0.05, 0) is 42.9 Å². The fourth-order valence-electron chi connectivity index (χ4n) is 1.69. The molecule has 0 saturated heterocycles. The second-order valence-corrected chi connectivity index (χ2v) is 5.09. The first-order valence-electron chi connectivity index (χ1n) is 5.68. The van der Waals surface area contributed by atoms with Gasteiger partial charge in [0, 0.05) is 12.6 Å². The van der Waals surface area contributed by atoms with Crippen LogP contribution in [-0.4, -0.2) is 6.54 Å². The highest BCUT2D eigenvalue weighted by Gasteiger charge is 2.36. The van der Waals surface area contributed by atoms with Crippen LogP contribution in [0.1, 0.15) is 38.3 Å². The Morgan fingerprint density at radius 3 is 2.56 bits per heavy atom. The van der Waals surface area contributed by atoms with E-state index in [1.165, 1.54) is 25.0 Å². The normalized spacial score (nSPS) is 19.5. The lowest BCUT2D eigenvalue weighted by atomic mass is 10.1. The monoisotopic (exact) mass is 225 g/mol. The zero-order valence-electron chi connectivity index (χ0n) is 9.69. The van der Waals surface area contributed by atoms with Crippen molar-refractivity contribution in [2.45, 2.75) is 32.7 Å². The van der Waals surface area contributed by atoms with Crippen LogP contribution in [0.5, 0.6) is 0 Å². The molecule has 0 aliphatic heterocycles. The van der Waals surface area contributed by atoms with Gasteiger partial charge < -0.3 is 5.32 Å². The predicted octanol–water partition coefficient (Wildman–Crippen LogP) is 3.42. The van der Waals surface area contributed by atoms with Crippen LogP contribution in [0.25, 0.3) is 0 Å². The van der Waals surface area contributed by atoms with Crippen molar-refractivity contribution in [3.05, 3.63) is 35.4 Å².